The molecule has 0 fully saturated rings. The third-order valence-corrected chi connectivity index (χ3v) is 1.62. The van der Waals surface area contributed by atoms with Gasteiger partial charge in [0.2, 0.25) is 0 Å². The van der Waals surface area contributed by atoms with Gasteiger partial charge in [-0.05, 0) is 23.3 Å². The Morgan fingerprint density at radius 1 is 1.33 bits per heavy atom. The second kappa shape index (κ2) is 4.81. The Bertz CT molecular complexity index is 192. The van der Waals surface area contributed by atoms with Crippen molar-refractivity contribution in [3.8, 4) is 0 Å². The second-order valence-corrected chi connectivity index (χ2v) is 3.72. The summed E-state index contributed by atoms with van der Waals surface area (Å²) in [5.74, 6) is 0. The van der Waals surface area contributed by atoms with E-state index in [2.05, 4.69) is 38.7 Å². The number of nitrogens with one attached hydrogen (secondary N) is 1. The summed E-state index contributed by atoms with van der Waals surface area (Å²) in [4.78, 5) is 0. The van der Waals surface area contributed by atoms with Gasteiger partial charge in [0.1, 0.15) is 0 Å². The van der Waals surface area contributed by atoms with Crippen molar-refractivity contribution in [2.45, 2.75) is 20.8 Å². The first kappa shape index (κ1) is 11.0. The highest BCUT2D eigenvalue weighted by Gasteiger charge is 2.12. The fourth-order valence-electron chi connectivity index (χ4n) is 0.872. The molecule has 12 heavy (non-hydrogen) atoms. The van der Waals surface area contributed by atoms with Crippen LogP contribution in [0, 0.1) is 5.41 Å². The van der Waals surface area contributed by atoms with E-state index in [1.54, 1.807) is 0 Å². The molecule has 0 aliphatic heterocycles. The fourth-order valence-corrected chi connectivity index (χ4v) is 0.872. The van der Waals surface area contributed by atoms with E-state index in [9.17, 15) is 0 Å². The van der Waals surface area contributed by atoms with Gasteiger partial charge in [0.05, 0.1) is 0 Å². The first-order chi connectivity index (χ1) is 5.52. The molecule has 0 aliphatic rings. The lowest BCUT2D eigenvalue weighted by Gasteiger charge is -2.19. The van der Waals surface area contributed by atoms with Gasteiger partial charge in [0.15, 0.2) is 0 Å². The lowest BCUT2D eigenvalue weighted by atomic mass is 9.86. The average molecular weight is 165 g/mol. The van der Waals surface area contributed by atoms with E-state index in [4.69, 9.17) is 0 Å². The monoisotopic (exact) mass is 165 g/mol. The van der Waals surface area contributed by atoms with Crippen LogP contribution in [0.25, 0.3) is 0 Å². The van der Waals surface area contributed by atoms with Crippen LogP contribution < -0.4 is 5.32 Å². The van der Waals surface area contributed by atoms with Crippen molar-refractivity contribution < 1.29 is 0 Å². The molecule has 0 heterocycles. The molecule has 0 unspecified atom stereocenters. The van der Waals surface area contributed by atoms with Crippen molar-refractivity contribution in [1.82, 2.24) is 5.32 Å². The average Bonchev–Trinajstić information content (AvgIpc) is 1.95. The summed E-state index contributed by atoms with van der Waals surface area (Å²) >= 11 is 0. The number of hydrogen-bond donors (Lipinski definition) is 1. The van der Waals surface area contributed by atoms with E-state index in [0.717, 1.165) is 0 Å². The Morgan fingerprint density at radius 2 is 1.92 bits per heavy atom. The molecule has 68 valence electrons. The molecule has 0 spiro atoms. The largest absolute Gasteiger partial charge is 0.394 e. The fraction of sp³-hybridized carbons (Fsp3) is 0.455. The van der Waals surface area contributed by atoms with Crippen LogP contribution in [0.3, 0.4) is 0 Å². The molecule has 1 N–H and O–H groups in total. The minimum Gasteiger partial charge on any atom is -0.394 e. The molecular formula is C11H19N. The van der Waals surface area contributed by atoms with Crippen molar-refractivity contribution >= 4 is 0 Å². The van der Waals surface area contributed by atoms with E-state index in [1.165, 1.54) is 5.57 Å². The molecule has 1 heteroatoms. The topological polar surface area (TPSA) is 12.0 Å². The van der Waals surface area contributed by atoms with Crippen molar-refractivity contribution in [2.24, 2.45) is 5.41 Å². The van der Waals surface area contributed by atoms with Crippen LogP contribution in [0.15, 0.2) is 36.6 Å². The van der Waals surface area contributed by atoms with Crippen LogP contribution in [-0.4, -0.2) is 7.05 Å². The van der Waals surface area contributed by atoms with Gasteiger partial charge in [-0.2, -0.15) is 0 Å². The standard InChI is InChI=1S/C11H19N/c1-6-10(11(2,3)4)8-7-9-12-5/h6-9,12H,1H2,2-5H3/b9-7+,10-8+. The van der Waals surface area contributed by atoms with Gasteiger partial charge in [-0.1, -0.05) is 39.5 Å². The molecule has 0 aromatic heterocycles. The van der Waals surface area contributed by atoms with Gasteiger partial charge in [-0.15, -0.1) is 0 Å². The molecule has 0 aliphatic carbocycles. The van der Waals surface area contributed by atoms with E-state index < -0.39 is 0 Å². The van der Waals surface area contributed by atoms with Gasteiger partial charge in [-0.3, -0.25) is 0 Å². The third kappa shape index (κ3) is 4.02. The number of hydrogen-bond acceptors (Lipinski definition) is 1. The predicted octanol–water partition coefficient (Wildman–Crippen LogP) is 2.88. The summed E-state index contributed by atoms with van der Waals surface area (Å²) in [6.07, 6.45) is 7.86. The zero-order valence-corrected chi connectivity index (χ0v) is 8.52. The third-order valence-electron chi connectivity index (χ3n) is 1.62. The summed E-state index contributed by atoms with van der Waals surface area (Å²) in [5, 5.41) is 2.94. The quantitative estimate of drug-likeness (QED) is 0.634. The van der Waals surface area contributed by atoms with Crippen LogP contribution in [0.5, 0.6) is 0 Å². The Kier molecular flexibility index (Phi) is 4.42. The summed E-state index contributed by atoms with van der Waals surface area (Å²) in [6.45, 7) is 10.3. The van der Waals surface area contributed by atoms with Crippen LogP contribution in [-0.2, 0) is 0 Å². The Hall–Kier alpha value is -0.980. The molecule has 0 aromatic rings. The van der Waals surface area contributed by atoms with E-state index in [0.29, 0.717) is 0 Å². The molecule has 0 saturated carbocycles. The Balaban J connectivity index is 4.45. The van der Waals surface area contributed by atoms with E-state index in [1.807, 2.05) is 25.4 Å². The molecular weight excluding hydrogens is 146 g/mol. The van der Waals surface area contributed by atoms with Crippen molar-refractivity contribution in [2.75, 3.05) is 7.05 Å². The molecule has 1 nitrogen and oxygen atoms in total. The molecule has 0 rings (SSSR count). The highest BCUT2D eigenvalue weighted by atomic mass is 14.8. The molecule has 0 amide bonds. The van der Waals surface area contributed by atoms with Gasteiger partial charge < -0.3 is 5.32 Å². The number of allylic oxidation sites excluding steroid dienone is 4. The minimum absolute atomic E-state index is 0.180. The maximum atomic E-state index is 3.78. The van der Waals surface area contributed by atoms with Crippen molar-refractivity contribution in [1.29, 1.82) is 0 Å². The molecule has 0 aromatic carbocycles. The Labute approximate surface area is 75.9 Å². The molecule has 0 bridgehead atoms. The minimum atomic E-state index is 0.180. The van der Waals surface area contributed by atoms with Crippen LogP contribution >= 0.6 is 0 Å². The van der Waals surface area contributed by atoms with Gasteiger partial charge in [0, 0.05) is 7.05 Å². The maximum absolute atomic E-state index is 3.78. The smallest absolute Gasteiger partial charge is 0.00277 e. The van der Waals surface area contributed by atoms with Crippen LogP contribution in [0.2, 0.25) is 0 Å². The lowest BCUT2D eigenvalue weighted by molar-refractivity contribution is 0.517. The highest BCUT2D eigenvalue weighted by molar-refractivity contribution is 5.27. The second-order valence-electron chi connectivity index (χ2n) is 3.72. The lowest BCUT2D eigenvalue weighted by Crippen LogP contribution is -2.06. The van der Waals surface area contributed by atoms with Gasteiger partial charge in [0.25, 0.3) is 0 Å². The summed E-state index contributed by atoms with van der Waals surface area (Å²) in [6, 6.07) is 0. The van der Waals surface area contributed by atoms with E-state index >= 15 is 0 Å². The first-order valence-corrected chi connectivity index (χ1v) is 4.19. The maximum Gasteiger partial charge on any atom is 0.00277 e. The number of rotatable bonds is 3. The summed E-state index contributed by atoms with van der Waals surface area (Å²) < 4.78 is 0. The zero-order chi connectivity index (χ0) is 9.61. The van der Waals surface area contributed by atoms with Crippen molar-refractivity contribution in [3.05, 3.63) is 36.6 Å². The zero-order valence-electron chi connectivity index (χ0n) is 8.52. The SMILES string of the molecule is C=C/C(=C\C=C\NC)C(C)(C)C. The van der Waals surface area contributed by atoms with Gasteiger partial charge >= 0.3 is 0 Å². The Morgan fingerprint density at radius 3 is 2.25 bits per heavy atom. The predicted molar refractivity (Wildman–Crippen MR) is 55.9 cm³/mol. The first-order valence-electron chi connectivity index (χ1n) is 4.19. The van der Waals surface area contributed by atoms with Gasteiger partial charge in [-0.25, -0.2) is 0 Å². The molecule has 0 radical (unpaired) electrons. The van der Waals surface area contributed by atoms with E-state index in [-0.39, 0.29) is 5.41 Å². The van der Waals surface area contributed by atoms with Crippen molar-refractivity contribution in [3.63, 3.8) is 0 Å². The highest BCUT2D eigenvalue weighted by Crippen LogP contribution is 2.25. The summed E-state index contributed by atoms with van der Waals surface area (Å²) in [5.41, 5.74) is 1.42. The van der Waals surface area contributed by atoms with Crippen LogP contribution in [0.1, 0.15) is 20.8 Å². The van der Waals surface area contributed by atoms with Crippen LogP contribution in [0.4, 0.5) is 0 Å². The molecule has 0 saturated heterocycles. The summed E-state index contributed by atoms with van der Waals surface area (Å²) in [7, 11) is 1.88. The normalized spacial score (nSPS) is 13.5. The molecule has 0 atom stereocenters.